The molecule has 0 aromatic rings. The minimum atomic E-state index is -0.796. The van der Waals surface area contributed by atoms with Crippen LogP contribution >= 0.6 is 0 Å². The van der Waals surface area contributed by atoms with Crippen LogP contribution in [0, 0.1) is 0 Å². The van der Waals surface area contributed by atoms with Crippen molar-refractivity contribution in [2.75, 3.05) is 6.61 Å². The molecule has 3 unspecified atom stereocenters. The molecule has 0 aromatic carbocycles. The molecule has 0 spiro atoms. The molecule has 0 bridgehead atoms. The molecular weight excluding hydrogens is 743 g/mol. The minimum Gasteiger partial charge on any atom is -0.462 e. The van der Waals surface area contributed by atoms with Gasteiger partial charge in [-0.3, -0.25) is 9.59 Å². The average molecular weight is 842 g/mol. The van der Waals surface area contributed by atoms with Gasteiger partial charge in [0.05, 0.1) is 25.2 Å². The maximum Gasteiger partial charge on any atom is 0.306 e. The van der Waals surface area contributed by atoms with Gasteiger partial charge in [0.25, 0.3) is 0 Å². The topological polar surface area (TPSA) is 95.9 Å². The lowest BCUT2D eigenvalue weighted by molar-refractivity contribution is -0.151. The molecule has 1 amide bonds. The lowest BCUT2D eigenvalue weighted by Gasteiger charge is -2.24. The van der Waals surface area contributed by atoms with E-state index in [-0.39, 0.29) is 24.9 Å². The normalized spacial score (nSPS) is 13.6. The number of unbranched alkanes of at least 4 members (excludes halogenated alkanes) is 29. The SMILES string of the molecule is CCCCC/C=C/C=C/C=C/C=C/CCCCCC(CC(=O)NC(CO)C(O)CCCCCCCCCCCC)OC(=O)CCCCCCCCCCCCCCCCC. The van der Waals surface area contributed by atoms with E-state index in [1.165, 1.54) is 141 Å². The summed E-state index contributed by atoms with van der Waals surface area (Å²) in [5.74, 6) is -0.505. The van der Waals surface area contributed by atoms with Crippen LogP contribution in [0.1, 0.15) is 258 Å². The Labute approximate surface area is 372 Å². The van der Waals surface area contributed by atoms with E-state index in [4.69, 9.17) is 4.74 Å². The largest absolute Gasteiger partial charge is 0.462 e. The molecule has 0 heterocycles. The van der Waals surface area contributed by atoms with Crippen LogP contribution in [0.5, 0.6) is 0 Å². The van der Waals surface area contributed by atoms with E-state index in [9.17, 15) is 19.8 Å². The van der Waals surface area contributed by atoms with Crippen molar-refractivity contribution in [2.45, 2.75) is 277 Å². The van der Waals surface area contributed by atoms with Gasteiger partial charge in [0, 0.05) is 6.42 Å². The summed E-state index contributed by atoms with van der Waals surface area (Å²) in [5, 5.41) is 23.7. The molecule has 0 rings (SSSR count). The van der Waals surface area contributed by atoms with Crippen molar-refractivity contribution in [1.82, 2.24) is 5.32 Å². The van der Waals surface area contributed by atoms with E-state index in [0.29, 0.717) is 19.3 Å². The van der Waals surface area contributed by atoms with E-state index in [1.807, 2.05) is 0 Å². The smallest absolute Gasteiger partial charge is 0.306 e. The van der Waals surface area contributed by atoms with Crippen LogP contribution in [-0.4, -0.2) is 46.9 Å². The monoisotopic (exact) mass is 842 g/mol. The van der Waals surface area contributed by atoms with E-state index in [1.54, 1.807) is 0 Å². The summed E-state index contributed by atoms with van der Waals surface area (Å²) in [5.41, 5.74) is 0. The third kappa shape index (κ3) is 42.5. The highest BCUT2D eigenvalue weighted by Gasteiger charge is 2.24. The fourth-order valence-electron chi connectivity index (χ4n) is 7.80. The number of aliphatic hydroxyl groups is 2. The average Bonchev–Trinajstić information content (AvgIpc) is 3.24. The van der Waals surface area contributed by atoms with Gasteiger partial charge >= 0.3 is 5.97 Å². The second-order valence-electron chi connectivity index (χ2n) is 17.7. The van der Waals surface area contributed by atoms with Gasteiger partial charge in [-0.25, -0.2) is 0 Å². The fraction of sp³-hybridized carbons (Fsp3) is 0.815. The number of aliphatic hydroxyl groups excluding tert-OH is 2. The van der Waals surface area contributed by atoms with Gasteiger partial charge in [-0.2, -0.15) is 0 Å². The number of allylic oxidation sites excluding steroid dienone is 8. The zero-order valence-electron chi connectivity index (χ0n) is 39.8. The Hall–Kier alpha value is -2.18. The van der Waals surface area contributed by atoms with Gasteiger partial charge in [-0.1, -0.05) is 243 Å². The summed E-state index contributed by atoms with van der Waals surface area (Å²) in [7, 11) is 0. The van der Waals surface area contributed by atoms with Crippen LogP contribution in [0.25, 0.3) is 0 Å². The molecule has 0 aliphatic carbocycles. The highest BCUT2D eigenvalue weighted by atomic mass is 16.5. The summed E-state index contributed by atoms with van der Waals surface area (Å²) in [4.78, 5) is 26.1. The number of nitrogens with one attached hydrogen (secondary N) is 1. The lowest BCUT2D eigenvalue weighted by Crippen LogP contribution is -2.46. The van der Waals surface area contributed by atoms with Crippen molar-refractivity contribution >= 4 is 11.9 Å². The Morgan fingerprint density at radius 2 is 0.850 bits per heavy atom. The minimum absolute atomic E-state index is 0.0538. The maximum atomic E-state index is 13.2. The Morgan fingerprint density at radius 3 is 1.32 bits per heavy atom. The molecular formula is C54H99NO5. The lowest BCUT2D eigenvalue weighted by atomic mass is 10.0. The highest BCUT2D eigenvalue weighted by molar-refractivity contribution is 5.77. The van der Waals surface area contributed by atoms with Crippen molar-refractivity contribution < 1.29 is 24.5 Å². The molecule has 350 valence electrons. The quantitative estimate of drug-likeness (QED) is 0.0322. The first-order chi connectivity index (χ1) is 29.5. The van der Waals surface area contributed by atoms with Crippen molar-refractivity contribution in [1.29, 1.82) is 0 Å². The number of ether oxygens (including phenoxy) is 1. The zero-order valence-corrected chi connectivity index (χ0v) is 39.8. The third-order valence-corrected chi connectivity index (χ3v) is 11.8. The van der Waals surface area contributed by atoms with Gasteiger partial charge < -0.3 is 20.3 Å². The number of carbonyl (C=O) groups excluding carboxylic acids is 2. The number of hydrogen-bond donors (Lipinski definition) is 3. The molecule has 0 fully saturated rings. The molecule has 0 saturated heterocycles. The molecule has 0 aromatic heterocycles. The van der Waals surface area contributed by atoms with Crippen LogP contribution in [0.15, 0.2) is 48.6 Å². The Balaban J connectivity index is 4.66. The second-order valence-corrected chi connectivity index (χ2v) is 17.7. The highest BCUT2D eigenvalue weighted by Crippen LogP contribution is 2.18. The fourth-order valence-corrected chi connectivity index (χ4v) is 7.80. The van der Waals surface area contributed by atoms with Crippen LogP contribution < -0.4 is 5.32 Å². The van der Waals surface area contributed by atoms with E-state index in [0.717, 1.165) is 70.6 Å². The molecule has 0 saturated carbocycles. The Morgan fingerprint density at radius 1 is 0.483 bits per heavy atom. The molecule has 0 aliphatic rings. The summed E-state index contributed by atoms with van der Waals surface area (Å²) in [6.07, 6.45) is 57.4. The van der Waals surface area contributed by atoms with Crippen LogP contribution in [-0.2, 0) is 14.3 Å². The van der Waals surface area contributed by atoms with Crippen molar-refractivity contribution in [3.8, 4) is 0 Å². The molecule has 3 N–H and O–H groups in total. The van der Waals surface area contributed by atoms with Gasteiger partial charge in [0.2, 0.25) is 5.91 Å². The summed E-state index contributed by atoms with van der Waals surface area (Å²) in [6.45, 7) is 6.43. The van der Waals surface area contributed by atoms with Gasteiger partial charge in [-0.15, -0.1) is 0 Å². The summed E-state index contributed by atoms with van der Waals surface area (Å²) < 4.78 is 5.92. The van der Waals surface area contributed by atoms with E-state index >= 15 is 0 Å². The zero-order chi connectivity index (χ0) is 43.8. The first-order valence-corrected chi connectivity index (χ1v) is 25.9. The van der Waals surface area contributed by atoms with Crippen molar-refractivity contribution in [3.63, 3.8) is 0 Å². The number of amides is 1. The number of hydrogen-bond acceptors (Lipinski definition) is 5. The number of carbonyl (C=O) groups is 2. The van der Waals surface area contributed by atoms with Crippen LogP contribution in [0.3, 0.4) is 0 Å². The molecule has 0 aliphatic heterocycles. The standard InChI is InChI=1S/C54H99NO5/c1-4-7-10-13-16-19-22-24-26-28-29-31-33-36-39-42-45-50(60-54(59)47-44-41-38-35-32-30-27-25-23-20-17-14-11-8-5-2)48-53(58)55-51(49-56)52(57)46-43-40-37-34-21-18-15-12-9-6-3/h16,19,22,24,26,28-29,31,50-52,56-57H,4-15,17-18,20-21,23,25,27,30,32-49H2,1-3H3,(H,55,58)/b19-16+,24-22+,28-26+,31-29+. The predicted molar refractivity (Wildman–Crippen MR) is 259 cm³/mol. The summed E-state index contributed by atoms with van der Waals surface area (Å²) in [6, 6.07) is -0.712. The predicted octanol–water partition coefficient (Wildman–Crippen LogP) is 15.5. The number of esters is 1. The molecule has 3 atom stereocenters. The van der Waals surface area contributed by atoms with Gasteiger partial charge in [-0.05, 0) is 51.4 Å². The van der Waals surface area contributed by atoms with E-state index in [2.05, 4.69) is 74.7 Å². The molecule has 0 radical (unpaired) electrons. The number of rotatable bonds is 46. The van der Waals surface area contributed by atoms with Gasteiger partial charge in [0.1, 0.15) is 6.10 Å². The third-order valence-electron chi connectivity index (χ3n) is 11.8. The van der Waals surface area contributed by atoms with Crippen LogP contribution in [0.4, 0.5) is 0 Å². The Bertz CT molecular complexity index is 1040. The van der Waals surface area contributed by atoms with Crippen LogP contribution in [0.2, 0.25) is 0 Å². The second kappa shape index (κ2) is 47.9. The first kappa shape index (κ1) is 57.8. The Kier molecular flexibility index (Phi) is 46.1. The van der Waals surface area contributed by atoms with Crippen molar-refractivity contribution in [2.24, 2.45) is 0 Å². The molecule has 6 heteroatoms. The van der Waals surface area contributed by atoms with E-state index < -0.39 is 18.2 Å². The molecule has 60 heavy (non-hydrogen) atoms. The van der Waals surface area contributed by atoms with Crippen molar-refractivity contribution in [3.05, 3.63) is 48.6 Å². The molecule has 6 nitrogen and oxygen atoms in total. The van der Waals surface area contributed by atoms with Gasteiger partial charge in [0.15, 0.2) is 0 Å². The summed E-state index contributed by atoms with van der Waals surface area (Å²) >= 11 is 0. The first-order valence-electron chi connectivity index (χ1n) is 25.9. The maximum absolute atomic E-state index is 13.2.